The largest absolute Gasteiger partial charge is 0.372 e. The van der Waals surface area contributed by atoms with Crippen molar-refractivity contribution in [3.63, 3.8) is 0 Å². The van der Waals surface area contributed by atoms with Crippen LogP contribution in [0.25, 0.3) is 0 Å². The molecule has 1 N–H and O–H groups in total. The molecule has 0 unspecified atom stereocenters. The summed E-state index contributed by atoms with van der Waals surface area (Å²) in [6, 6.07) is 13.3. The standard InChI is InChI=1S/C19H23FN2O2S/c20-17-5-4-6-19(15-17)25(23,24)21-12-11-16-7-9-18(10-8-16)22-13-2-1-3-14-22/h4-10,15,21H,1-3,11-14H2. The zero-order chi connectivity index (χ0) is 17.7. The molecule has 1 aliphatic rings. The van der Waals surface area contributed by atoms with E-state index in [9.17, 15) is 12.8 Å². The molecule has 4 nitrogen and oxygen atoms in total. The first-order chi connectivity index (χ1) is 12.0. The number of piperidine rings is 1. The molecule has 25 heavy (non-hydrogen) atoms. The molecule has 0 aliphatic carbocycles. The van der Waals surface area contributed by atoms with Gasteiger partial charge < -0.3 is 4.90 Å². The van der Waals surface area contributed by atoms with Crippen molar-refractivity contribution < 1.29 is 12.8 Å². The molecule has 0 spiro atoms. The van der Waals surface area contributed by atoms with Crippen molar-refractivity contribution in [3.8, 4) is 0 Å². The van der Waals surface area contributed by atoms with E-state index in [1.54, 1.807) is 0 Å². The third-order valence-electron chi connectivity index (χ3n) is 4.47. The highest BCUT2D eigenvalue weighted by Crippen LogP contribution is 2.20. The molecule has 6 heteroatoms. The molecule has 134 valence electrons. The maximum absolute atomic E-state index is 13.2. The lowest BCUT2D eigenvalue weighted by Gasteiger charge is -2.28. The molecule has 3 rings (SSSR count). The van der Waals surface area contributed by atoms with Crippen LogP contribution < -0.4 is 9.62 Å². The molecule has 1 heterocycles. The summed E-state index contributed by atoms with van der Waals surface area (Å²) in [5.74, 6) is -0.559. The first-order valence-electron chi connectivity index (χ1n) is 8.64. The van der Waals surface area contributed by atoms with E-state index in [0.29, 0.717) is 6.42 Å². The molecule has 0 radical (unpaired) electrons. The highest BCUT2D eigenvalue weighted by molar-refractivity contribution is 7.89. The molecular weight excluding hydrogens is 339 g/mol. The van der Waals surface area contributed by atoms with Crippen LogP contribution in [-0.2, 0) is 16.4 Å². The maximum atomic E-state index is 13.2. The van der Waals surface area contributed by atoms with Crippen LogP contribution in [0.4, 0.5) is 10.1 Å². The van der Waals surface area contributed by atoms with Gasteiger partial charge in [0.05, 0.1) is 4.90 Å². The van der Waals surface area contributed by atoms with Gasteiger partial charge in [-0.2, -0.15) is 0 Å². The molecule has 2 aromatic carbocycles. The van der Waals surface area contributed by atoms with Gasteiger partial charge >= 0.3 is 0 Å². The monoisotopic (exact) mass is 362 g/mol. The second kappa shape index (κ2) is 7.97. The topological polar surface area (TPSA) is 49.4 Å². The first kappa shape index (κ1) is 17.9. The first-order valence-corrected chi connectivity index (χ1v) is 10.1. The van der Waals surface area contributed by atoms with Crippen LogP contribution in [0.3, 0.4) is 0 Å². The Morgan fingerprint density at radius 3 is 2.40 bits per heavy atom. The number of nitrogens with one attached hydrogen (secondary N) is 1. The number of hydrogen-bond donors (Lipinski definition) is 1. The lowest BCUT2D eigenvalue weighted by molar-refractivity contribution is 0.577. The molecule has 0 aromatic heterocycles. The second-order valence-electron chi connectivity index (χ2n) is 6.32. The van der Waals surface area contributed by atoms with Crippen molar-refractivity contribution in [2.45, 2.75) is 30.6 Å². The van der Waals surface area contributed by atoms with E-state index in [4.69, 9.17) is 0 Å². The van der Waals surface area contributed by atoms with E-state index in [2.05, 4.69) is 21.8 Å². The van der Waals surface area contributed by atoms with Crippen molar-refractivity contribution in [1.82, 2.24) is 4.72 Å². The van der Waals surface area contributed by atoms with Gasteiger partial charge in [0.2, 0.25) is 10.0 Å². The number of hydrogen-bond acceptors (Lipinski definition) is 3. The van der Waals surface area contributed by atoms with E-state index in [0.717, 1.165) is 24.7 Å². The Balaban J connectivity index is 1.55. The minimum Gasteiger partial charge on any atom is -0.372 e. The number of sulfonamides is 1. The summed E-state index contributed by atoms with van der Waals surface area (Å²) in [6.45, 7) is 2.49. The number of rotatable bonds is 6. The maximum Gasteiger partial charge on any atom is 0.240 e. The van der Waals surface area contributed by atoms with Crippen molar-refractivity contribution in [2.24, 2.45) is 0 Å². The molecule has 0 amide bonds. The Labute approximate surface area is 148 Å². The van der Waals surface area contributed by atoms with E-state index in [1.165, 1.54) is 43.1 Å². The van der Waals surface area contributed by atoms with Crippen LogP contribution in [0, 0.1) is 5.82 Å². The van der Waals surface area contributed by atoms with Gasteiger partial charge in [0, 0.05) is 25.3 Å². The molecule has 1 saturated heterocycles. The van der Waals surface area contributed by atoms with Crippen LogP contribution in [-0.4, -0.2) is 28.1 Å². The second-order valence-corrected chi connectivity index (χ2v) is 8.09. The number of halogens is 1. The number of anilines is 1. The molecule has 1 fully saturated rings. The molecule has 0 saturated carbocycles. The molecular formula is C19H23FN2O2S. The quantitative estimate of drug-likeness (QED) is 0.857. The summed E-state index contributed by atoms with van der Waals surface area (Å²) in [5, 5.41) is 0. The van der Waals surface area contributed by atoms with Gasteiger partial charge in [0.25, 0.3) is 0 Å². The third kappa shape index (κ3) is 4.80. The summed E-state index contributed by atoms with van der Waals surface area (Å²) in [4.78, 5) is 2.34. The average Bonchev–Trinajstić information content (AvgIpc) is 2.63. The van der Waals surface area contributed by atoms with Crippen LogP contribution in [0.2, 0.25) is 0 Å². The van der Waals surface area contributed by atoms with Gasteiger partial charge in [0.1, 0.15) is 5.82 Å². The smallest absolute Gasteiger partial charge is 0.240 e. The zero-order valence-corrected chi connectivity index (χ0v) is 14.9. The fraction of sp³-hybridized carbons (Fsp3) is 0.368. The van der Waals surface area contributed by atoms with Gasteiger partial charge in [-0.1, -0.05) is 18.2 Å². The number of nitrogens with zero attached hydrogens (tertiary/aromatic N) is 1. The van der Waals surface area contributed by atoms with Gasteiger partial charge in [-0.05, 0) is 61.6 Å². The van der Waals surface area contributed by atoms with Crippen LogP contribution in [0.15, 0.2) is 53.4 Å². The average molecular weight is 362 g/mol. The Hall–Kier alpha value is -1.92. The molecule has 0 atom stereocenters. The minimum atomic E-state index is -3.68. The van der Waals surface area contributed by atoms with Crippen LogP contribution >= 0.6 is 0 Å². The van der Waals surface area contributed by atoms with Gasteiger partial charge in [-0.15, -0.1) is 0 Å². The van der Waals surface area contributed by atoms with E-state index in [-0.39, 0.29) is 11.4 Å². The van der Waals surface area contributed by atoms with E-state index in [1.807, 2.05) is 12.1 Å². The normalized spacial score (nSPS) is 15.3. The van der Waals surface area contributed by atoms with Gasteiger partial charge in [-0.3, -0.25) is 0 Å². The van der Waals surface area contributed by atoms with E-state index < -0.39 is 15.8 Å². The summed E-state index contributed by atoms with van der Waals surface area (Å²) in [5.41, 5.74) is 2.30. The van der Waals surface area contributed by atoms with Gasteiger partial charge in [0.15, 0.2) is 0 Å². The lowest BCUT2D eigenvalue weighted by atomic mass is 10.1. The van der Waals surface area contributed by atoms with Crippen molar-refractivity contribution in [3.05, 3.63) is 59.9 Å². The molecule has 2 aromatic rings. The summed E-state index contributed by atoms with van der Waals surface area (Å²) in [7, 11) is -3.68. The predicted molar refractivity (Wildman–Crippen MR) is 97.8 cm³/mol. The summed E-state index contributed by atoms with van der Waals surface area (Å²) < 4.78 is 40.0. The highest BCUT2D eigenvalue weighted by Gasteiger charge is 2.14. The lowest BCUT2D eigenvalue weighted by Crippen LogP contribution is -2.29. The summed E-state index contributed by atoms with van der Waals surface area (Å²) in [6.07, 6.45) is 4.38. The van der Waals surface area contributed by atoms with Crippen molar-refractivity contribution >= 4 is 15.7 Å². The fourth-order valence-corrected chi connectivity index (χ4v) is 4.14. The predicted octanol–water partition coefficient (Wildman–Crippen LogP) is 3.34. The van der Waals surface area contributed by atoms with Crippen LogP contribution in [0.5, 0.6) is 0 Å². The molecule has 0 bridgehead atoms. The van der Waals surface area contributed by atoms with Gasteiger partial charge in [-0.25, -0.2) is 17.5 Å². The highest BCUT2D eigenvalue weighted by atomic mass is 32.2. The number of benzene rings is 2. The van der Waals surface area contributed by atoms with Crippen molar-refractivity contribution in [1.29, 1.82) is 0 Å². The Bertz CT molecular complexity index is 800. The minimum absolute atomic E-state index is 0.0482. The fourth-order valence-electron chi connectivity index (χ4n) is 3.07. The third-order valence-corrected chi connectivity index (χ3v) is 5.93. The Morgan fingerprint density at radius 2 is 1.72 bits per heavy atom. The SMILES string of the molecule is O=S(=O)(NCCc1ccc(N2CCCCC2)cc1)c1cccc(F)c1. The molecule has 1 aliphatic heterocycles. The van der Waals surface area contributed by atoms with Crippen LogP contribution in [0.1, 0.15) is 24.8 Å². The van der Waals surface area contributed by atoms with Crippen molar-refractivity contribution in [2.75, 3.05) is 24.5 Å². The van der Waals surface area contributed by atoms with E-state index >= 15 is 0 Å². The Morgan fingerprint density at radius 1 is 1.00 bits per heavy atom. The zero-order valence-electron chi connectivity index (χ0n) is 14.1. The Kier molecular flexibility index (Phi) is 5.71. The summed E-state index contributed by atoms with van der Waals surface area (Å²) >= 11 is 0.